The number of imide groups is 1. The Balaban J connectivity index is 1.77. The molecule has 1 fully saturated rings. The quantitative estimate of drug-likeness (QED) is 0.869. The van der Waals surface area contributed by atoms with Crippen molar-refractivity contribution in [2.24, 2.45) is 0 Å². The molecule has 2 N–H and O–H groups in total. The van der Waals surface area contributed by atoms with Crippen LogP contribution in [0.15, 0.2) is 18.2 Å². The number of carbonyl (C=O) groups excluding carboxylic acids is 3. The van der Waals surface area contributed by atoms with Crippen molar-refractivity contribution in [1.82, 2.24) is 15.1 Å². The monoisotopic (exact) mass is 332 g/mol. The molecule has 7 nitrogen and oxygen atoms in total. The Kier molecular flexibility index (Phi) is 5.92. The zero-order valence-corrected chi connectivity index (χ0v) is 14.4. The molecule has 0 atom stereocenters. The number of urea groups is 1. The molecule has 1 saturated heterocycles. The van der Waals surface area contributed by atoms with Crippen LogP contribution < -0.4 is 10.6 Å². The highest BCUT2D eigenvalue weighted by Gasteiger charge is 2.20. The van der Waals surface area contributed by atoms with E-state index in [0.717, 1.165) is 11.1 Å². The minimum Gasteiger partial charge on any atom is -0.340 e. The molecule has 0 saturated carbocycles. The van der Waals surface area contributed by atoms with Gasteiger partial charge in [0.05, 0.1) is 6.54 Å². The summed E-state index contributed by atoms with van der Waals surface area (Å²) in [6, 6.07) is 5.04. The normalized spacial score (nSPS) is 15.0. The number of benzene rings is 1. The lowest BCUT2D eigenvalue weighted by atomic mass is 10.1. The molecule has 0 radical (unpaired) electrons. The van der Waals surface area contributed by atoms with Gasteiger partial charge in [-0.05, 0) is 37.1 Å². The van der Waals surface area contributed by atoms with Gasteiger partial charge >= 0.3 is 6.03 Å². The SMILES string of the molecule is CC(=O)N1CCN(CC(=O)NC(=O)Nc2ccc(C)c(C)c2)CC1. The number of rotatable bonds is 3. The molecule has 2 rings (SSSR count). The molecule has 0 bridgehead atoms. The van der Waals surface area contributed by atoms with Crippen molar-refractivity contribution in [3.63, 3.8) is 0 Å². The predicted molar refractivity (Wildman–Crippen MR) is 91.8 cm³/mol. The van der Waals surface area contributed by atoms with Crippen molar-refractivity contribution in [2.75, 3.05) is 38.0 Å². The molecular formula is C17H24N4O3. The summed E-state index contributed by atoms with van der Waals surface area (Å²) in [7, 11) is 0. The van der Waals surface area contributed by atoms with Gasteiger partial charge in [-0.1, -0.05) is 6.07 Å². The Morgan fingerprint density at radius 2 is 1.71 bits per heavy atom. The Labute approximate surface area is 142 Å². The molecule has 0 spiro atoms. The van der Waals surface area contributed by atoms with Crippen LogP contribution in [0.2, 0.25) is 0 Å². The van der Waals surface area contributed by atoms with Gasteiger partial charge in [0, 0.05) is 38.8 Å². The van der Waals surface area contributed by atoms with E-state index in [2.05, 4.69) is 10.6 Å². The van der Waals surface area contributed by atoms with Crippen LogP contribution in [0.1, 0.15) is 18.1 Å². The molecule has 1 aliphatic rings. The number of aryl methyl sites for hydroxylation is 2. The molecule has 1 aromatic carbocycles. The second-order valence-corrected chi connectivity index (χ2v) is 6.08. The maximum atomic E-state index is 12.0. The van der Waals surface area contributed by atoms with Crippen LogP contribution in [-0.2, 0) is 9.59 Å². The average molecular weight is 332 g/mol. The van der Waals surface area contributed by atoms with Crippen LogP contribution in [0.25, 0.3) is 0 Å². The summed E-state index contributed by atoms with van der Waals surface area (Å²) in [4.78, 5) is 38.8. The highest BCUT2D eigenvalue weighted by Crippen LogP contribution is 2.13. The van der Waals surface area contributed by atoms with Crippen molar-refractivity contribution >= 4 is 23.5 Å². The number of amides is 4. The summed E-state index contributed by atoms with van der Waals surface area (Å²) in [5.74, 6) is -0.306. The van der Waals surface area contributed by atoms with Gasteiger partial charge in [-0.25, -0.2) is 4.79 Å². The van der Waals surface area contributed by atoms with Crippen LogP contribution in [0, 0.1) is 13.8 Å². The topological polar surface area (TPSA) is 81.8 Å². The van der Waals surface area contributed by atoms with Gasteiger partial charge in [0.25, 0.3) is 0 Å². The van der Waals surface area contributed by atoms with Crippen molar-refractivity contribution in [1.29, 1.82) is 0 Å². The maximum Gasteiger partial charge on any atom is 0.325 e. The molecule has 4 amide bonds. The Bertz CT molecular complexity index is 637. The van der Waals surface area contributed by atoms with Gasteiger partial charge in [-0.15, -0.1) is 0 Å². The summed E-state index contributed by atoms with van der Waals surface area (Å²) in [5, 5.41) is 4.99. The standard InChI is InChI=1S/C17H24N4O3/c1-12-4-5-15(10-13(12)2)18-17(24)19-16(23)11-20-6-8-21(9-7-20)14(3)22/h4-5,10H,6-9,11H2,1-3H3,(H2,18,19,23,24). The molecule has 7 heteroatoms. The summed E-state index contributed by atoms with van der Waals surface area (Å²) >= 11 is 0. The maximum absolute atomic E-state index is 12.0. The largest absolute Gasteiger partial charge is 0.340 e. The van der Waals surface area contributed by atoms with Gasteiger partial charge in [0.2, 0.25) is 11.8 Å². The van der Waals surface area contributed by atoms with Crippen molar-refractivity contribution < 1.29 is 14.4 Å². The molecule has 130 valence electrons. The fourth-order valence-electron chi connectivity index (χ4n) is 2.57. The molecule has 0 aromatic heterocycles. The Morgan fingerprint density at radius 1 is 1.04 bits per heavy atom. The predicted octanol–water partition coefficient (Wildman–Crippen LogP) is 1.12. The molecular weight excluding hydrogens is 308 g/mol. The number of hydrogen-bond acceptors (Lipinski definition) is 4. The summed E-state index contributed by atoms with van der Waals surface area (Å²) in [5.41, 5.74) is 2.86. The number of carbonyl (C=O) groups is 3. The molecule has 24 heavy (non-hydrogen) atoms. The van der Waals surface area contributed by atoms with E-state index in [1.807, 2.05) is 30.9 Å². The highest BCUT2D eigenvalue weighted by atomic mass is 16.2. The van der Waals surface area contributed by atoms with Gasteiger partial charge in [0.1, 0.15) is 0 Å². The van der Waals surface area contributed by atoms with Gasteiger partial charge < -0.3 is 10.2 Å². The fraction of sp³-hybridized carbons (Fsp3) is 0.471. The van der Waals surface area contributed by atoms with Crippen molar-refractivity contribution in [3.8, 4) is 0 Å². The van der Waals surface area contributed by atoms with Gasteiger partial charge in [0.15, 0.2) is 0 Å². The second-order valence-electron chi connectivity index (χ2n) is 6.08. The minimum absolute atomic E-state index is 0.0480. The zero-order valence-electron chi connectivity index (χ0n) is 14.4. The van der Waals surface area contributed by atoms with Gasteiger partial charge in [-0.3, -0.25) is 19.8 Å². The molecule has 1 heterocycles. The molecule has 1 aromatic rings. The van der Waals surface area contributed by atoms with E-state index in [-0.39, 0.29) is 18.4 Å². The van der Waals surface area contributed by atoms with E-state index in [1.54, 1.807) is 17.9 Å². The molecule has 1 aliphatic heterocycles. The summed E-state index contributed by atoms with van der Waals surface area (Å²) in [6.07, 6.45) is 0. The van der Waals surface area contributed by atoms with E-state index >= 15 is 0 Å². The van der Waals surface area contributed by atoms with Crippen LogP contribution in [-0.4, -0.2) is 60.4 Å². The third-order valence-corrected chi connectivity index (χ3v) is 4.20. The Morgan fingerprint density at radius 3 is 2.29 bits per heavy atom. The highest BCUT2D eigenvalue weighted by molar-refractivity contribution is 6.01. The number of nitrogens with zero attached hydrogens (tertiary/aromatic N) is 2. The smallest absolute Gasteiger partial charge is 0.325 e. The van der Waals surface area contributed by atoms with Crippen LogP contribution in [0.4, 0.5) is 10.5 Å². The first kappa shape index (κ1) is 17.9. The lowest BCUT2D eigenvalue weighted by molar-refractivity contribution is -0.130. The van der Waals surface area contributed by atoms with E-state index < -0.39 is 6.03 Å². The van der Waals surface area contributed by atoms with Crippen molar-refractivity contribution in [3.05, 3.63) is 29.3 Å². The zero-order chi connectivity index (χ0) is 17.7. The number of piperazine rings is 1. The Hall–Kier alpha value is -2.41. The third kappa shape index (κ3) is 5.06. The first-order valence-electron chi connectivity index (χ1n) is 8.01. The third-order valence-electron chi connectivity index (χ3n) is 4.20. The molecule has 0 aliphatic carbocycles. The van der Waals surface area contributed by atoms with Crippen molar-refractivity contribution in [2.45, 2.75) is 20.8 Å². The van der Waals surface area contributed by atoms with E-state index in [1.165, 1.54) is 0 Å². The summed E-state index contributed by atoms with van der Waals surface area (Å²) < 4.78 is 0. The minimum atomic E-state index is -0.536. The van der Waals surface area contributed by atoms with E-state index in [4.69, 9.17) is 0 Å². The summed E-state index contributed by atoms with van der Waals surface area (Å²) in [6.45, 7) is 8.12. The fourth-order valence-corrected chi connectivity index (χ4v) is 2.57. The number of hydrogen-bond donors (Lipinski definition) is 2. The number of anilines is 1. The average Bonchev–Trinajstić information content (AvgIpc) is 2.51. The number of nitrogens with one attached hydrogen (secondary N) is 2. The lowest BCUT2D eigenvalue weighted by Gasteiger charge is -2.33. The first-order valence-corrected chi connectivity index (χ1v) is 8.01. The van der Waals surface area contributed by atoms with Crippen LogP contribution in [0.3, 0.4) is 0 Å². The van der Waals surface area contributed by atoms with Crippen LogP contribution in [0.5, 0.6) is 0 Å². The lowest BCUT2D eigenvalue weighted by Crippen LogP contribution is -2.51. The van der Waals surface area contributed by atoms with E-state index in [9.17, 15) is 14.4 Å². The van der Waals surface area contributed by atoms with Gasteiger partial charge in [-0.2, -0.15) is 0 Å². The molecule has 0 unspecified atom stereocenters. The van der Waals surface area contributed by atoms with E-state index in [0.29, 0.717) is 31.9 Å². The second kappa shape index (κ2) is 7.92. The first-order chi connectivity index (χ1) is 11.3. The van der Waals surface area contributed by atoms with Crippen LogP contribution >= 0.6 is 0 Å².